The SMILES string of the molecule is [2H]c1c([2H])c([2H])c(-c2cnc(-n3c4[c-]c(Oc5[c-]c(-n6[c-][n+](-c7c(-c8c([2H])c([2H])c([2H])c([2H])c8[2H])cccc7[Si](c7c([2H])c([2H])c([2H])c([2H])c7[2H])(c7c([2H])c([2H])c([2H])c([2H])c7[2H])c7c([2H])c([2H])c([2H])c([2H])c7[2H])c7ccccc76)ccc5)ccc4c4ccccc43)cc2C([2H])([2H])[2H])c([2H])c1[2H].[Pt]. The van der Waals surface area contributed by atoms with Gasteiger partial charge in [-0.1, -0.05) is 217 Å². The van der Waals surface area contributed by atoms with E-state index in [0.29, 0.717) is 21.8 Å². The molecule has 3 heterocycles. The summed E-state index contributed by atoms with van der Waals surface area (Å²) in [6, 6.07) is 10.1. The van der Waals surface area contributed by atoms with Crippen molar-refractivity contribution in [3.05, 3.63) is 284 Å². The fourth-order valence-corrected chi connectivity index (χ4v) is 13.2. The number of hydrogen-bond acceptors (Lipinski definition) is 2. The van der Waals surface area contributed by atoms with E-state index < -0.39 is 198 Å². The number of aromatic nitrogens is 4. The third-order valence-electron chi connectivity index (χ3n) is 12.3. The van der Waals surface area contributed by atoms with E-state index >= 15 is 0 Å². The Kier molecular flexibility index (Phi) is 6.62. The Balaban J connectivity index is 0.00000982. The number of benzene rings is 10. The number of rotatable bonds is 11. The van der Waals surface area contributed by atoms with Crippen LogP contribution in [-0.4, -0.2) is 22.2 Å². The minimum absolute atomic E-state index is 0. The maximum atomic E-state index is 9.85. The van der Waals surface area contributed by atoms with Crippen LogP contribution in [0, 0.1) is 25.3 Å². The molecule has 0 radical (unpaired) electrons. The van der Waals surface area contributed by atoms with Gasteiger partial charge in [0, 0.05) is 54.0 Å². The number of pyridine rings is 1. The molecule has 0 spiro atoms. The molecule has 356 valence electrons. The van der Waals surface area contributed by atoms with Gasteiger partial charge in [0.05, 0.1) is 51.0 Å². The second-order valence-corrected chi connectivity index (χ2v) is 19.8. The third kappa shape index (κ3) is 8.00. The summed E-state index contributed by atoms with van der Waals surface area (Å²) in [6.45, 7) is -2.91. The maximum Gasteiger partial charge on any atom is 0.268 e. The minimum atomic E-state index is -6.09. The van der Waals surface area contributed by atoms with Crippen molar-refractivity contribution in [1.82, 2.24) is 14.1 Å². The van der Waals surface area contributed by atoms with Gasteiger partial charge in [0.15, 0.2) is 8.07 Å². The van der Waals surface area contributed by atoms with Gasteiger partial charge < -0.3 is 13.9 Å². The van der Waals surface area contributed by atoms with Crippen LogP contribution in [0.5, 0.6) is 11.5 Å². The fraction of sp³-hybridized carbons (Fsp3) is 0.0149. The van der Waals surface area contributed by atoms with Gasteiger partial charge in [0.2, 0.25) is 0 Å². The molecule has 74 heavy (non-hydrogen) atoms. The summed E-state index contributed by atoms with van der Waals surface area (Å²) in [6.07, 6.45) is 4.42. The van der Waals surface area contributed by atoms with Crippen LogP contribution in [0.2, 0.25) is 0 Å². The van der Waals surface area contributed by atoms with Crippen LogP contribution < -0.4 is 30.1 Å². The van der Waals surface area contributed by atoms with Crippen LogP contribution in [0.15, 0.2) is 260 Å². The monoisotopic (exact) mass is 1170 g/mol. The van der Waals surface area contributed by atoms with E-state index in [0.717, 1.165) is 6.20 Å². The third-order valence-corrected chi connectivity index (χ3v) is 16.5. The van der Waals surface area contributed by atoms with Crippen LogP contribution in [0.1, 0.15) is 43.9 Å². The summed E-state index contributed by atoms with van der Waals surface area (Å²) in [5.41, 5.74) is -0.837. The first-order valence-electron chi connectivity index (χ1n) is 36.3. The van der Waals surface area contributed by atoms with Crippen molar-refractivity contribution < 1.29 is 68.8 Å². The predicted molar refractivity (Wildman–Crippen MR) is 299 cm³/mol. The summed E-state index contributed by atoms with van der Waals surface area (Å²) >= 11 is 0. The second-order valence-electron chi connectivity index (χ2n) is 16.2. The summed E-state index contributed by atoms with van der Waals surface area (Å²) in [5.74, 6) is 0.152. The number of imidazole rings is 1. The summed E-state index contributed by atoms with van der Waals surface area (Å²) in [5, 5.41) is -1.75. The van der Waals surface area contributed by atoms with Gasteiger partial charge in [0.1, 0.15) is 5.82 Å². The molecule has 0 fully saturated rings. The molecule has 0 saturated carbocycles. The molecule has 0 atom stereocenters. The molecule has 0 saturated heterocycles. The van der Waals surface area contributed by atoms with Gasteiger partial charge in [-0.05, 0) is 73.1 Å². The molecule has 0 amide bonds. The Labute approximate surface area is 485 Å². The van der Waals surface area contributed by atoms with Crippen molar-refractivity contribution in [1.29, 1.82) is 0 Å². The molecule has 0 N–H and O–H groups in total. The molecule has 0 aliphatic carbocycles. The Bertz CT molecular complexity index is 5490. The van der Waals surface area contributed by atoms with Gasteiger partial charge in [-0.15, -0.1) is 29.7 Å². The standard InChI is InChI=1S/C67H46N4OSi.Pt/c1-48-43-66(68-46-60(48)50-25-9-3-10-26-50)71-61-37-18-17-35-58(61)59-42-41-53(45-64(59)71)72-52-28-21-27-51(44-52)69-47-70(63-39-20-19-38-62(63)69)67-57(49-23-7-2-8-24-49)36-22-40-65(67)73(54-29-11-4-12-30-54,55-31-13-5-14-32-55)56-33-15-6-16-34-56;/h2-43,46H,1H3;/q-2;/i1D3,2D,3D,4D,5D,6D,7D,8D,9D,10D,11D,12D,13D,14D,15D,16D,23D,24D,25D,26D,29D,30D,31D,32D,33D,34D;. The van der Waals surface area contributed by atoms with Crippen molar-refractivity contribution in [2.45, 2.75) is 6.85 Å². The molecule has 0 bridgehead atoms. The number of aryl methyl sites for hydroxylation is 1. The Hall–Kier alpha value is -8.67. The molecule has 10 aromatic carbocycles. The number of para-hydroxylation sites is 4. The molecule has 7 heteroatoms. The van der Waals surface area contributed by atoms with Crippen LogP contribution >= 0.6 is 0 Å². The molecule has 3 aromatic heterocycles. The van der Waals surface area contributed by atoms with Crippen molar-refractivity contribution in [2.75, 3.05) is 0 Å². The number of ether oxygens (including phenoxy) is 1. The van der Waals surface area contributed by atoms with E-state index in [1.165, 1.54) is 33.4 Å². The molecule has 13 aromatic rings. The zero-order valence-corrected chi connectivity index (χ0v) is 41.2. The first-order chi connectivity index (χ1) is 47.7. The van der Waals surface area contributed by atoms with E-state index in [1.54, 1.807) is 77.4 Å². The van der Waals surface area contributed by atoms with Crippen LogP contribution in [0.4, 0.5) is 0 Å². The van der Waals surface area contributed by atoms with Gasteiger partial charge in [0.25, 0.3) is 6.33 Å². The zero-order chi connectivity index (χ0) is 73.0. The summed E-state index contributed by atoms with van der Waals surface area (Å²) in [4.78, 5) is 4.65. The maximum absolute atomic E-state index is 9.85. The zero-order valence-electron chi connectivity index (χ0n) is 65.9. The first-order valence-corrected chi connectivity index (χ1v) is 24.3. The van der Waals surface area contributed by atoms with E-state index in [2.05, 4.69) is 23.4 Å². The smallest absolute Gasteiger partial charge is 0.268 e. The molecule has 0 aliphatic heterocycles. The topological polar surface area (TPSA) is 35.9 Å². The molecular weight excluding hydrogens is 1100 g/mol. The van der Waals surface area contributed by atoms with E-state index in [9.17, 15) is 19.2 Å². The van der Waals surface area contributed by atoms with Crippen molar-refractivity contribution in [3.63, 3.8) is 0 Å². The van der Waals surface area contributed by atoms with E-state index in [1.807, 2.05) is 6.07 Å². The molecular formula is C67H46N4OPtSi-2. The van der Waals surface area contributed by atoms with Crippen LogP contribution in [-0.2, 0) is 21.1 Å². The Morgan fingerprint density at radius 1 is 0.554 bits per heavy atom. The quantitative estimate of drug-likeness (QED) is 0.0560. The largest absolute Gasteiger partial charge is 0.510 e. The average molecular weight is 1170 g/mol. The Morgan fingerprint density at radius 2 is 1.14 bits per heavy atom. The average Bonchev–Trinajstić information content (AvgIpc) is 0.702. The molecule has 13 rings (SSSR count). The van der Waals surface area contributed by atoms with E-state index in [4.69, 9.17) is 23.9 Å². The van der Waals surface area contributed by atoms with Gasteiger partial charge in [-0.25, -0.2) is 4.98 Å². The Morgan fingerprint density at radius 3 is 1.80 bits per heavy atom. The van der Waals surface area contributed by atoms with E-state index in [-0.39, 0.29) is 77.4 Å². The molecule has 5 nitrogen and oxygen atoms in total. The molecule has 0 aliphatic rings. The minimum Gasteiger partial charge on any atom is -0.510 e. The normalized spacial score (nSPS) is 17.0. The van der Waals surface area contributed by atoms with Crippen molar-refractivity contribution >= 4 is 61.7 Å². The first kappa shape index (κ1) is 24.8. The van der Waals surface area contributed by atoms with Gasteiger partial charge in [-0.3, -0.25) is 4.57 Å². The molecule has 0 unspecified atom stereocenters. The predicted octanol–water partition coefficient (Wildman–Crippen LogP) is 12.6. The van der Waals surface area contributed by atoms with Gasteiger partial charge >= 0.3 is 0 Å². The van der Waals surface area contributed by atoms with Crippen LogP contribution in [0.25, 0.3) is 72.3 Å². The second kappa shape index (κ2) is 19.7. The van der Waals surface area contributed by atoms with Crippen molar-refractivity contribution in [3.8, 4) is 50.9 Å². The van der Waals surface area contributed by atoms with Crippen LogP contribution in [0.3, 0.4) is 0 Å². The van der Waals surface area contributed by atoms with Crippen molar-refractivity contribution in [2.24, 2.45) is 0 Å². The number of nitrogens with zero attached hydrogens (tertiary/aromatic N) is 4. The summed E-state index contributed by atoms with van der Waals surface area (Å²) in [7, 11) is -6.09. The summed E-state index contributed by atoms with van der Waals surface area (Å²) < 4.78 is 265. The fourth-order valence-electron chi connectivity index (χ4n) is 9.24. The van der Waals surface area contributed by atoms with Gasteiger partial charge in [-0.2, -0.15) is 18.2 Å². The number of hydrogen-bond donors (Lipinski definition) is 0. The number of fused-ring (bicyclic) bond motifs is 4.